The van der Waals surface area contributed by atoms with E-state index in [0.29, 0.717) is 11.5 Å². The summed E-state index contributed by atoms with van der Waals surface area (Å²) in [5, 5.41) is 3.61. The van der Waals surface area contributed by atoms with Crippen LogP contribution >= 0.6 is 0 Å². The van der Waals surface area contributed by atoms with Crippen LogP contribution in [-0.2, 0) is 4.74 Å². The minimum absolute atomic E-state index is 0.0670. The molecule has 0 amide bonds. The van der Waals surface area contributed by atoms with Crippen molar-refractivity contribution in [2.24, 2.45) is 11.3 Å². The van der Waals surface area contributed by atoms with Gasteiger partial charge in [0.15, 0.2) is 0 Å². The van der Waals surface area contributed by atoms with Crippen LogP contribution in [0.4, 0.5) is 0 Å². The largest absolute Gasteiger partial charge is 0.377 e. The Morgan fingerprint density at radius 2 is 1.95 bits per heavy atom. The molecule has 3 heteroatoms. The highest BCUT2D eigenvalue weighted by atomic mass is 16.5. The third-order valence-corrected chi connectivity index (χ3v) is 5.74. The average Bonchev–Trinajstić information content (AvgIpc) is 2.38. The van der Waals surface area contributed by atoms with E-state index in [1.54, 1.807) is 0 Å². The first-order valence-electron chi connectivity index (χ1n) is 8.35. The summed E-state index contributed by atoms with van der Waals surface area (Å²) in [6, 6.07) is 0.645. The van der Waals surface area contributed by atoms with E-state index >= 15 is 0 Å². The Kier molecular flexibility index (Phi) is 5.14. The van der Waals surface area contributed by atoms with Crippen LogP contribution in [0.15, 0.2) is 0 Å². The Labute approximate surface area is 125 Å². The maximum absolute atomic E-state index is 5.73. The van der Waals surface area contributed by atoms with Gasteiger partial charge in [-0.25, -0.2) is 0 Å². The van der Waals surface area contributed by atoms with Crippen LogP contribution in [0.5, 0.6) is 0 Å². The Hall–Kier alpha value is -0.120. The third-order valence-electron chi connectivity index (χ3n) is 5.74. The number of nitrogens with zero attached hydrogens (tertiary/aromatic N) is 1. The summed E-state index contributed by atoms with van der Waals surface area (Å²) >= 11 is 0. The summed E-state index contributed by atoms with van der Waals surface area (Å²) in [6.07, 6.45) is 6.57. The van der Waals surface area contributed by atoms with Gasteiger partial charge in [-0.3, -0.25) is 0 Å². The molecule has 1 aliphatic carbocycles. The standard InChI is InChI=1S/C17H34N2O/c1-16(2)9-6-8-14(15(16)18-4)12-19-11-7-10-17(3,13-19)20-5/h14-15,18H,6-13H2,1-5H3. The van der Waals surface area contributed by atoms with E-state index in [0.717, 1.165) is 12.5 Å². The first kappa shape index (κ1) is 16.3. The van der Waals surface area contributed by atoms with Crippen LogP contribution in [0.1, 0.15) is 52.9 Å². The first-order chi connectivity index (χ1) is 9.40. The molecule has 1 heterocycles. The fraction of sp³-hybridized carbons (Fsp3) is 1.00. The van der Waals surface area contributed by atoms with Gasteiger partial charge in [0, 0.05) is 26.2 Å². The van der Waals surface area contributed by atoms with Crippen molar-refractivity contribution in [2.45, 2.75) is 64.5 Å². The van der Waals surface area contributed by atoms with E-state index in [-0.39, 0.29) is 5.60 Å². The molecule has 0 radical (unpaired) electrons. The van der Waals surface area contributed by atoms with Crippen molar-refractivity contribution in [3.63, 3.8) is 0 Å². The molecule has 1 aliphatic heterocycles. The van der Waals surface area contributed by atoms with Crippen molar-refractivity contribution in [3.05, 3.63) is 0 Å². The van der Waals surface area contributed by atoms with Crippen molar-refractivity contribution in [1.82, 2.24) is 10.2 Å². The van der Waals surface area contributed by atoms with E-state index in [2.05, 4.69) is 38.0 Å². The fourth-order valence-electron chi connectivity index (χ4n) is 4.57. The summed E-state index contributed by atoms with van der Waals surface area (Å²) in [7, 11) is 4.00. The zero-order valence-corrected chi connectivity index (χ0v) is 14.2. The molecule has 0 bridgehead atoms. The maximum Gasteiger partial charge on any atom is 0.0777 e. The SMILES string of the molecule is CNC1C(CN2CCCC(C)(OC)C2)CCCC1(C)C. The van der Waals surface area contributed by atoms with Crippen LogP contribution < -0.4 is 5.32 Å². The Balaban J connectivity index is 1.98. The molecule has 2 rings (SSSR count). The van der Waals surface area contributed by atoms with Gasteiger partial charge in [0.2, 0.25) is 0 Å². The van der Waals surface area contributed by atoms with E-state index in [4.69, 9.17) is 4.74 Å². The van der Waals surface area contributed by atoms with Crippen molar-refractivity contribution in [1.29, 1.82) is 0 Å². The summed E-state index contributed by atoms with van der Waals surface area (Å²) < 4.78 is 5.73. The van der Waals surface area contributed by atoms with Gasteiger partial charge in [-0.1, -0.05) is 20.3 Å². The van der Waals surface area contributed by atoms with Crippen LogP contribution in [-0.4, -0.2) is 50.3 Å². The summed E-state index contributed by atoms with van der Waals surface area (Å²) in [5.74, 6) is 0.781. The molecule has 1 saturated heterocycles. The number of methoxy groups -OCH3 is 1. The van der Waals surface area contributed by atoms with E-state index in [9.17, 15) is 0 Å². The summed E-state index contributed by atoms with van der Waals surface area (Å²) in [5.41, 5.74) is 0.496. The number of hydrogen-bond acceptors (Lipinski definition) is 3. The van der Waals surface area contributed by atoms with Gasteiger partial charge in [0.1, 0.15) is 0 Å². The molecule has 3 atom stereocenters. The lowest BCUT2D eigenvalue weighted by Gasteiger charge is -2.47. The van der Waals surface area contributed by atoms with Crippen molar-refractivity contribution >= 4 is 0 Å². The summed E-state index contributed by atoms with van der Waals surface area (Å²) in [4.78, 5) is 2.64. The van der Waals surface area contributed by atoms with Gasteiger partial charge >= 0.3 is 0 Å². The molecule has 118 valence electrons. The van der Waals surface area contributed by atoms with Gasteiger partial charge in [-0.2, -0.15) is 0 Å². The van der Waals surface area contributed by atoms with Crippen molar-refractivity contribution in [3.8, 4) is 0 Å². The topological polar surface area (TPSA) is 24.5 Å². The zero-order valence-electron chi connectivity index (χ0n) is 14.2. The molecule has 1 N–H and O–H groups in total. The monoisotopic (exact) mass is 282 g/mol. The highest BCUT2D eigenvalue weighted by molar-refractivity contribution is 4.95. The van der Waals surface area contributed by atoms with Gasteiger partial charge in [0.05, 0.1) is 5.60 Å². The second-order valence-corrected chi connectivity index (χ2v) is 7.90. The predicted octanol–water partition coefficient (Wildman–Crippen LogP) is 2.90. The lowest BCUT2D eigenvalue weighted by atomic mass is 9.67. The lowest BCUT2D eigenvalue weighted by molar-refractivity contribution is -0.0581. The highest BCUT2D eigenvalue weighted by Gasteiger charge is 2.40. The molecule has 0 spiro atoms. The normalized spacial score (nSPS) is 38.9. The molecule has 2 aliphatic rings. The van der Waals surface area contributed by atoms with E-state index in [1.165, 1.54) is 45.2 Å². The number of piperidine rings is 1. The average molecular weight is 282 g/mol. The fourth-order valence-corrected chi connectivity index (χ4v) is 4.57. The Morgan fingerprint density at radius 3 is 2.60 bits per heavy atom. The molecular weight excluding hydrogens is 248 g/mol. The highest BCUT2D eigenvalue weighted by Crippen LogP contribution is 2.39. The molecule has 0 aromatic carbocycles. The van der Waals surface area contributed by atoms with Crippen LogP contribution in [0.25, 0.3) is 0 Å². The predicted molar refractivity (Wildman–Crippen MR) is 85.1 cm³/mol. The van der Waals surface area contributed by atoms with E-state index in [1.807, 2.05) is 7.11 Å². The van der Waals surface area contributed by atoms with Crippen molar-refractivity contribution in [2.75, 3.05) is 33.8 Å². The van der Waals surface area contributed by atoms with Gasteiger partial charge in [0.25, 0.3) is 0 Å². The van der Waals surface area contributed by atoms with Gasteiger partial charge in [-0.15, -0.1) is 0 Å². The van der Waals surface area contributed by atoms with E-state index < -0.39 is 0 Å². The minimum atomic E-state index is 0.0670. The number of ether oxygens (including phenoxy) is 1. The Morgan fingerprint density at radius 1 is 1.20 bits per heavy atom. The molecule has 20 heavy (non-hydrogen) atoms. The molecule has 0 aromatic rings. The van der Waals surface area contributed by atoms with Crippen molar-refractivity contribution < 1.29 is 4.74 Å². The van der Waals surface area contributed by atoms with Gasteiger partial charge < -0.3 is 15.0 Å². The Bertz CT molecular complexity index is 318. The molecule has 2 fully saturated rings. The second kappa shape index (κ2) is 6.33. The minimum Gasteiger partial charge on any atom is -0.377 e. The van der Waals surface area contributed by atoms with Gasteiger partial charge in [-0.05, 0) is 57.5 Å². The zero-order chi connectivity index (χ0) is 14.8. The third kappa shape index (κ3) is 3.55. The van der Waals surface area contributed by atoms with Crippen LogP contribution in [0, 0.1) is 11.3 Å². The summed E-state index contributed by atoms with van der Waals surface area (Å²) in [6.45, 7) is 10.7. The lowest BCUT2D eigenvalue weighted by Crippen LogP contribution is -2.54. The molecule has 3 unspecified atom stereocenters. The first-order valence-corrected chi connectivity index (χ1v) is 8.35. The number of hydrogen-bond donors (Lipinski definition) is 1. The molecular formula is C17H34N2O. The number of nitrogens with one attached hydrogen (secondary N) is 1. The van der Waals surface area contributed by atoms with Crippen LogP contribution in [0.2, 0.25) is 0 Å². The molecule has 0 aromatic heterocycles. The number of rotatable bonds is 4. The maximum atomic E-state index is 5.73. The second-order valence-electron chi connectivity index (χ2n) is 7.90. The smallest absolute Gasteiger partial charge is 0.0777 e. The molecule has 1 saturated carbocycles. The number of likely N-dealkylation sites (tertiary alicyclic amines) is 1. The molecule has 3 nitrogen and oxygen atoms in total. The van der Waals surface area contributed by atoms with Crippen LogP contribution in [0.3, 0.4) is 0 Å². The quantitative estimate of drug-likeness (QED) is 0.858.